The Morgan fingerprint density at radius 1 is 1.31 bits per heavy atom. The van der Waals surface area contributed by atoms with Crippen molar-refractivity contribution in [2.45, 2.75) is 13.0 Å². The molecule has 0 saturated carbocycles. The molecule has 2 rings (SSSR count). The van der Waals surface area contributed by atoms with Crippen molar-refractivity contribution in [2.24, 2.45) is 7.05 Å². The molecule has 1 atom stereocenters. The lowest BCUT2D eigenvalue weighted by molar-refractivity contribution is 0.625. The van der Waals surface area contributed by atoms with E-state index < -0.39 is 0 Å². The fraction of sp³-hybridized carbons (Fsp3) is 0.364. The maximum Gasteiger partial charge on any atom is 0.0624 e. The fourth-order valence-corrected chi connectivity index (χ4v) is 1.69. The lowest BCUT2D eigenvalue weighted by atomic mass is 10.0. The van der Waals surface area contributed by atoms with Crippen LogP contribution in [0.3, 0.4) is 0 Å². The standard InChI is InChI=1S/C11H15N5/c1-3-12-11(9-4-5-13-14-6-9)10-7-15-16(2)8-10/h4-8,11-12H,3H2,1-2H3. The second kappa shape index (κ2) is 4.85. The Labute approximate surface area is 94.5 Å². The molecule has 0 radical (unpaired) electrons. The summed E-state index contributed by atoms with van der Waals surface area (Å²) in [6.07, 6.45) is 7.36. The first-order valence-electron chi connectivity index (χ1n) is 5.29. The van der Waals surface area contributed by atoms with Crippen LogP contribution in [-0.2, 0) is 7.05 Å². The zero-order chi connectivity index (χ0) is 11.4. The highest BCUT2D eigenvalue weighted by molar-refractivity contribution is 5.25. The molecule has 2 aromatic rings. The van der Waals surface area contributed by atoms with E-state index in [9.17, 15) is 0 Å². The Kier molecular flexibility index (Phi) is 3.26. The monoisotopic (exact) mass is 217 g/mol. The van der Waals surface area contributed by atoms with Crippen LogP contribution in [-0.4, -0.2) is 26.5 Å². The molecule has 1 unspecified atom stereocenters. The van der Waals surface area contributed by atoms with E-state index in [1.807, 2.05) is 25.5 Å². The zero-order valence-electron chi connectivity index (χ0n) is 9.46. The molecule has 0 aliphatic heterocycles. The molecule has 2 heterocycles. The van der Waals surface area contributed by atoms with Crippen LogP contribution in [0.4, 0.5) is 0 Å². The Hall–Kier alpha value is -1.75. The van der Waals surface area contributed by atoms with Gasteiger partial charge in [-0.05, 0) is 18.2 Å². The summed E-state index contributed by atoms with van der Waals surface area (Å²) in [5.74, 6) is 0. The average molecular weight is 217 g/mol. The summed E-state index contributed by atoms with van der Waals surface area (Å²) in [7, 11) is 1.91. The number of rotatable bonds is 4. The van der Waals surface area contributed by atoms with E-state index in [1.54, 1.807) is 17.1 Å². The minimum atomic E-state index is 0.134. The van der Waals surface area contributed by atoms with Crippen molar-refractivity contribution in [1.29, 1.82) is 0 Å². The third-order valence-electron chi connectivity index (χ3n) is 2.41. The van der Waals surface area contributed by atoms with Gasteiger partial charge in [0.25, 0.3) is 0 Å². The van der Waals surface area contributed by atoms with Crippen molar-refractivity contribution in [3.8, 4) is 0 Å². The van der Waals surface area contributed by atoms with Crippen LogP contribution in [0, 0.1) is 0 Å². The molecule has 2 aromatic heterocycles. The average Bonchev–Trinajstić information content (AvgIpc) is 2.74. The van der Waals surface area contributed by atoms with E-state index in [4.69, 9.17) is 0 Å². The summed E-state index contributed by atoms with van der Waals surface area (Å²) < 4.78 is 1.80. The fourth-order valence-electron chi connectivity index (χ4n) is 1.69. The topological polar surface area (TPSA) is 55.6 Å². The van der Waals surface area contributed by atoms with Gasteiger partial charge in [-0.15, -0.1) is 0 Å². The number of nitrogens with one attached hydrogen (secondary N) is 1. The first-order valence-corrected chi connectivity index (χ1v) is 5.29. The van der Waals surface area contributed by atoms with Crippen LogP contribution >= 0.6 is 0 Å². The van der Waals surface area contributed by atoms with Crippen molar-refractivity contribution >= 4 is 0 Å². The van der Waals surface area contributed by atoms with E-state index in [2.05, 4.69) is 27.5 Å². The van der Waals surface area contributed by atoms with Gasteiger partial charge in [-0.25, -0.2) is 0 Å². The highest BCUT2D eigenvalue weighted by Crippen LogP contribution is 2.19. The molecule has 84 valence electrons. The van der Waals surface area contributed by atoms with Crippen molar-refractivity contribution in [2.75, 3.05) is 6.54 Å². The first kappa shape index (κ1) is 10.8. The molecule has 16 heavy (non-hydrogen) atoms. The predicted octanol–water partition coefficient (Wildman–Crippen LogP) is 0.909. The van der Waals surface area contributed by atoms with Crippen LogP contribution in [0.5, 0.6) is 0 Å². The molecule has 0 amide bonds. The van der Waals surface area contributed by atoms with E-state index in [-0.39, 0.29) is 6.04 Å². The summed E-state index contributed by atoms with van der Waals surface area (Å²) in [6, 6.07) is 2.10. The lowest BCUT2D eigenvalue weighted by Crippen LogP contribution is -2.21. The highest BCUT2D eigenvalue weighted by atomic mass is 15.2. The smallest absolute Gasteiger partial charge is 0.0624 e. The molecule has 0 spiro atoms. The Morgan fingerprint density at radius 3 is 2.75 bits per heavy atom. The highest BCUT2D eigenvalue weighted by Gasteiger charge is 2.14. The second-order valence-electron chi connectivity index (χ2n) is 3.61. The summed E-state index contributed by atoms with van der Waals surface area (Å²) in [5.41, 5.74) is 2.24. The summed E-state index contributed by atoms with van der Waals surface area (Å²) >= 11 is 0. The van der Waals surface area contributed by atoms with Crippen LogP contribution in [0.25, 0.3) is 0 Å². The SMILES string of the molecule is CCNC(c1ccnnc1)c1cnn(C)c1. The van der Waals surface area contributed by atoms with E-state index >= 15 is 0 Å². The Morgan fingerprint density at radius 2 is 2.19 bits per heavy atom. The molecular weight excluding hydrogens is 202 g/mol. The third kappa shape index (κ3) is 2.25. The summed E-state index contributed by atoms with van der Waals surface area (Å²) in [5, 5.41) is 15.3. The normalized spacial score (nSPS) is 12.6. The van der Waals surface area contributed by atoms with Gasteiger partial charge in [-0.1, -0.05) is 6.92 Å². The van der Waals surface area contributed by atoms with Gasteiger partial charge in [-0.3, -0.25) is 4.68 Å². The van der Waals surface area contributed by atoms with Gasteiger partial charge in [0.1, 0.15) is 0 Å². The molecule has 5 heteroatoms. The minimum absolute atomic E-state index is 0.134. The third-order valence-corrected chi connectivity index (χ3v) is 2.41. The maximum absolute atomic E-state index is 4.19. The number of aromatic nitrogens is 4. The van der Waals surface area contributed by atoms with Gasteiger partial charge in [-0.2, -0.15) is 15.3 Å². The second-order valence-corrected chi connectivity index (χ2v) is 3.61. The van der Waals surface area contributed by atoms with Crippen LogP contribution in [0.2, 0.25) is 0 Å². The number of hydrogen-bond acceptors (Lipinski definition) is 4. The number of nitrogens with zero attached hydrogens (tertiary/aromatic N) is 4. The molecule has 0 aliphatic rings. The molecule has 0 bridgehead atoms. The van der Waals surface area contributed by atoms with E-state index in [0.29, 0.717) is 0 Å². The lowest BCUT2D eigenvalue weighted by Gasteiger charge is -2.15. The van der Waals surface area contributed by atoms with Crippen LogP contribution in [0.15, 0.2) is 30.9 Å². The molecule has 0 aromatic carbocycles. The van der Waals surface area contributed by atoms with Crippen molar-refractivity contribution in [3.05, 3.63) is 42.0 Å². The van der Waals surface area contributed by atoms with Gasteiger partial charge in [0.15, 0.2) is 0 Å². The maximum atomic E-state index is 4.19. The van der Waals surface area contributed by atoms with Gasteiger partial charge < -0.3 is 5.32 Å². The largest absolute Gasteiger partial charge is 0.306 e. The van der Waals surface area contributed by atoms with Gasteiger partial charge >= 0.3 is 0 Å². The van der Waals surface area contributed by atoms with Gasteiger partial charge in [0.05, 0.1) is 18.4 Å². The summed E-state index contributed by atoms with van der Waals surface area (Å²) in [4.78, 5) is 0. The van der Waals surface area contributed by atoms with Crippen molar-refractivity contribution < 1.29 is 0 Å². The molecule has 1 N–H and O–H groups in total. The van der Waals surface area contributed by atoms with Crippen molar-refractivity contribution in [3.63, 3.8) is 0 Å². The Balaban J connectivity index is 2.31. The molecule has 0 aliphatic carbocycles. The Bertz CT molecular complexity index is 437. The molecular formula is C11H15N5. The first-order chi connectivity index (χ1) is 7.81. The zero-order valence-corrected chi connectivity index (χ0v) is 9.46. The quantitative estimate of drug-likeness (QED) is 0.827. The van der Waals surface area contributed by atoms with Crippen LogP contribution < -0.4 is 5.32 Å². The number of hydrogen-bond donors (Lipinski definition) is 1. The van der Waals surface area contributed by atoms with Crippen LogP contribution in [0.1, 0.15) is 24.1 Å². The predicted molar refractivity (Wildman–Crippen MR) is 60.8 cm³/mol. The molecule has 5 nitrogen and oxygen atoms in total. The van der Waals surface area contributed by atoms with Gasteiger partial charge in [0.2, 0.25) is 0 Å². The van der Waals surface area contributed by atoms with E-state index in [0.717, 1.165) is 17.7 Å². The number of aryl methyl sites for hydroxylation is 1. The molecule has 0 fully saturated rings. The molecule has 0 saturated heterocycles. The summed E-state index contributed by atoms with van der Waals surface area (Å²) in [6.45, 7) is 2.97. The van der Waals surface area contributed by atoms with Gasteiger partial charge in [0, 0.05) is 25.0 Å². The van der Waals surface area contributed by atoms with Crippen molar-refractivity contribution in [1.82, 2.24) is 25.3 Å². The van der Waals surface area contributed by atoms with E-state index in [1.165, 1.54) is 0 Å². The minimum Gasteiger partial charge on any atom is -0.306 e.